The van der Waals surface area contributed by atoms with Crippen LogP contribution in [0.25, 0.3) is 0 Å². The van der Waals surface area contributed by atoms with Crippen LogP contribution in [-0.4, -0.2) is 23.8 Å². The van der Waals surface area contributed by atoms with Crippen LogP contribution in [-0.2, 0) is 15.7 Å². The SMILES string of the molecule is CC(=O)c1ccc(NC(=O)[C@H](C)OC(=O)c2ccc(C(F)(F)F)cc2)cc1. The van der Waals surface area contributed by atoms with E-state index in [2.05, 4.69) is 5.32 Å². The molecule has 0 bridgehead atoms. The third kappa shape index (κ3) is 5.40. The summed E-state index contributed by atoms with van der Waals surface area (Å²) in [4.78, 5) is 35.3. The Morgan fingerprint density at radius 1 is 0.926 bits per heavy atom. The molecule has 0 aliphatic carbocycles. The molecule has 1 amide bonds. The second kappa shape index (κ2) is 8.03. The highest BCUT2D eigenvalue weighted by atomic mass is 19.4. The number of carbonyl (C=O) groups is 3. The van der Waals surface area contributed by atoms with Crippen molar-refractivity contribution >= 4 is 23.3 Å². The van der Waals surface area contributed by atoms with Gasteiger partial charge in [-0.1, -0.05) is 0 Å². The maximum absolute atomic E-state index is 12.5. The zero-order chi connectivity index (χ0) is 20.2. The van der Waals surface area contributed by atoms with Gasteiger partial charge in [0.15, 0.2) is 11.9 Å². The van der Waals surface area contributed by atoms with Crippen molar-refractivity contribution < 1.29 is 32.3 Å². The zero-order valence-electron chi connectivity index (χ0n) is 14.5. The number of ether oxygens (including phenoxy) is 1. The van der Waals surface area contributed by atoms with Gasteiger partial charge in [-0.3, -0.25) is 9.59 Å². The number of nitrogens with one attached hydrogen (secondary N) is 1. The van der Waals surface area contributed by atoms with Crippen LogP contribution in [0, 0.1) is 0 Å². The number of esters is 1. The molecule has 0 saturated heterocycles. The van der Waals surface area contributed by atoms with E-state index in [1.165, 1.54) is 38.1 Å². The Morgan fingerprint density at radius 2 is 1.44 bits per heavy atom. The Bertz CT molecular complexity index is 843. The maximum Gasteiger partial charge on any atom is 0.416 e. The third-order valence-corrected chi connectivity index (χ3v) is 3.66. The summed E-state index contributed by atoms with van der Waals surface area (Å²) in [5.41, 5.74) is -0.107. The first-order valence-corrected chi connectivity index (χ1v) is 7.88. The molecule has 0 unspecified atom stereocenters. The van der Waals surface area contributed by atoms with Crippen molar-refractivity contribution in [1.82, 2.24) is 0 Å². The third-order valence-electron chi connectivity index (χ3n) is 3.66. The van der Waals surface area contributed by atoms with Crippen molar-refractivity contribution in [3.8, 4) is 0 Å². The molecule has 8 heteroatoms. The predicted molar refractivity (Wildman–Crippen MR) is 91.4 cm³/mol. The summed E-state index contributed by atoms with van der Waals surface area (Å²) >= 11 is 0. The molecular formula is C19H16F3NO4. The number of halogens is 3. The zero-order valence-corrected chi connectivity index (χ0v) is 14.5. The number of Topliss-reactive ketones (excluding diaryl/α,β-unsaturated/α-hetero) is 1. The molecule has 0 heterocycles. The molecule has 2 aromatic carbocycles. The molecule has 0 aliphatic heterocycles. The number of benzene rings is 2. The summed E-state index contributed by atoms with van der Waals surface area (Å²) in [5, 5.41) is 2.52. The van der Waals surface area contributed by atoms with Crippen LogP contribution in [0.5, 0.6) is 0 Å². The Kier molecular flexibility index (Phi) is 5.99. The number of carbonyl (C=O) groups excluding carboxylic acids is 3. The lowest BCUT2D eigenvalue weighted by molar-refractivity contribution is -0.137. The van der Waals surface area contributed by atoms with Gasteiger partial charge >= 0.3 is 12.1 Å². The van der Waals surface area contributed by atoms with Crippen molar-refractivity contribution in [2.75, 3.05) is 5.32 Å². The molecule has 1 atom stereocenters. The first-order chi connectivity index (χ1) is 12.6. The minimum Gasteiger partial charge on any atom is -0.449 e. The molecule has 0 spiro atoms. The number of rotatable bonds is 5. The van der Waals surface area contributed by atoms with Gasteiger partial charge in [-0.05, 0) is 62.4 Å². The van der Waals surface area contributed by atoms with Crippen molar-refractivity contribution in [3.63, 3.8) is 0 Å². The number of anilines is 1. The molecule has 142 valence electrons. The molecule has 2 aromatic rings. The van der Waals surface area contributed by atoms with E-state index >= 15 is 0 Å². The minimum atomic E-state index is -4.51. The van der Waals surface area contributed by atoms with Crippen LogP contribution in [0.15, 0.2) is 48.5 Å². The van der Waals surface area contributed by atoms with Crippen LogP contribution in [0.3, 0.4) is 0 Å². The van der Waals surface area contributed by atoms with E-state index in [1.807, 2.05) is 0 Å². The number of ketones is 1. The number of hydrogen-bond acceptors (Lipinski definition) is 4. The van der Waals surface area contributed by atoms with Gasteiger partial charge in [0.05, 0.1) is 11.1 Å². The van der Waals surface area contributed by atoms with Crippen LogP contribution in [0.1, 0.15) is 40.1 Å². The standard InChI is InChI=1S/C19H16F3NO4/c1-11(24)13-5-9-16(10-6-13)23-17(25)12(2)27-18(26)14-3-7-15(8-4-14)19(20,21)22/h3-10,12H,1-2H3,(H,23,25)/t12-/m0/s1. The van der Waals surface area contributed by atoms with E-state index in [9.17, 15) is 27.6 Å². The van der Waals surface area contributed by atoms with Gasteiger partial charge in [0.2, 0.25) is 0 Å². The van der Waals surface area contributed by atoms with E-state index in [-0.39, 0.29) is 11.3 Å². The molecule has 2 rings (SSSR count). The largest absolute Gasteiger partial charge is 0.449 e. The average Bonchev–Trinajstić information content (AvgIpc) is 2.61. The Hall–Kier alpha value is -3.16. The summed E-state index contributed by atoms with van der Waals surface area (Å²) in [6.45, 7) is 2.75. The predicted octanol–water partition coefficient (Wildman–Crippen LogP) is 4.09. The van der Waals surface area contributed by atoms with Gasteiger partial charge in [0, 0.05) is 11.3 Å². The van der Waals surface area contributed by atoms with E-state index in [1.54, 1.807) is 0 Å². The van der Waals surface area contributed by atoms with Crippen molar-refractivity contribution in [3.05, 3.63) is 65.2 Å². The molecule has 0 aromatic heterocycles. The van der Waals surface area contributed by atoms with Crippen LogP contribution in [0.2, 0.25) is 0 Å². The maximum atomic E-state index is 12.5. The summed E-state index contributed by atoms with van der Waals surface area (Å²) in [5.74, 6) is -1.66. The lowest BCUT2D eigenvalue weighted by Crippen LogP contribution is -2.30. The lowest BCUT2D eigenvalue weighted by Gasteiger charge is -2.14. The summed E-state index contributed by atoms with van der Waals surface area (Å²) in [6, 6.07) is 9.62. The Labute approximate surface area is 153 Å². The molecule has 27 heavy (non-hydrogen) atoms. The highest BCUT2D eigenvalue weighted by molar-refractivity contribution is 5.98. The Morgan fingerprint density at radius 3 is 1.93 bits per heavy atom. The highest BCUT2D eigenvalue weighted by Crippen LogP contribution is 2.29. The van der Waals surface area contributed by atoms with Gasteiger partial charge in [0.25, 0.3) is 5.91 Å². The van der Waals surface area contributed by atoms with E-state index < -0.39 is 29.7 Å². The highest BCUT2D eigenvalue weighted by Gasteiger charge is 2.30. The molecule has 0 radical (unpaired) electrons. The van der Waals surface area contributed by atoms with E-state index in [4.69, 9.17) is 4.74 Å². The van der Waals surface area contributed by atoms with Crippen molar-refractivity contribution in [2.24, 2.45) is 0 Å². The quantitative estimate of drug-likeness (QED) is 0.627. The number of hydrogen-bond donors (Lipinski definition) is 1. The first-order valence-electron chi connectivity index (χ1n) is 7.88. The second-order valence-corrected chi connectivity index (χ2v) is 5.75. The van der Waals surface area contributed by atoms with Crippen molar-refractivity contribution in [2.45, 2.75) is 26.1 Å². The lowest BCUT2D eigenvalue weighted by atomic mass is 10.1. The van der Waals surface area contributed by atoms with Crippen LogP contribution in [0.4, 0.5) is 18.9 Å². The molecule has 0 saturated carbocycles. The van der Waals surface area contributed by atoms with Crippen molar-refractivity contribution in [1.29, 1.82) is 0 Å². The van der Waals surface area contributed by atoms with Gasteiger partial charge < -0.3 is 10.1 Å². The topological polar surface area (TPSA) is 72.5 Å². The molecule has 0 aliphatic rings. The summed E-state index contributed by atoms with van der Waals surface area (Å²) < 4.78 is 42.5. The average molecular weight is 379 g/mol. The minimum absolute atomic E-state index is 0.103. The fourth-order valence-corrected chi connectivity index (χ4v) is 2.11. The normalized spacial score (nSPS) is 12.2. The van der Waals surface area contributed by atoms with Gasteiger partial charge in [-0.25, -0.2) is 4.79 Å². The summed E-state index contributed by atoms with van der Waals surface area (Å²) in [6.07, 6.45) is -5.68. The fraction of sp³-hybridized carbons (Fsp3) is 0.211. The summed E-state index contributed by atoms with van der Waals surface area (Å²) in [7, 11) is 0. The van der Waals surface area contributed by atoms with E-state index in [0.717, 1.165) is 24.3 Å². The van der Waals surface area contributed by atoms with Gasteiger partial charge in [0.1, 0.15) is 0 Å². The monoisotopic (exact) mass is 379 g/mol. The first kappa shape index (κ1) is 20.2. The number of alkyl halides is 3. The number of amides is 1. The molecule has 0 fully saturated rings. The van der Waals surface area contributed by atoms with Crippen LogP contribution < -0.4 is 5.32 Å². The van der Waals surface area contributed by atoms with Gasteiger partial charge in [-0.15, -0.1) is 0 Å². The second-order valence-electron chi connectivity index (χ2n) is 5.75. The van der Waals surface area contributed by atoms with E-state index in [0.29, 0.717) is 11.3 Å². The van der Waals surface area contributed by atoms with Crippen LogP contribution >= 0.6 is 0 Å². The Balaban J connectivity index is 1.97. The smallest absolute Gasteiger partial charge is 0.416 e. The molecular weight excluding hydrogens is 363 g/mol. The molecule has 1 N–H and O–H groups in total. The van der Waals surface area contributed by atoms with Gasteiger partial charge in [-0.2, -0.15) is 13.2 Å². The molecule has 5 nitrogen and oxygen atoms in total. The fourth-order valence-electron chi connectivity index (χ4n) is 2.11.